The molecule has 3 atom stereocenters. The molecular weight excluding hydrogens is 212 g/mol. The first-order valence-corrected chi connectivity index (χ1v) is 7.04. The zero-order valence-electron chi connectivity index (χ0n) is 9.41. The first-order valence-electron chi connectivity index (χ1n) is 5.42. The van der Waals surface area contributed by atoms with Gasteiger partial charge in [0.15, 0.2) is 0 Å². The van der Waals surface area contributed by atoms with Gasteiger partial charge < -0.3 is 10.6 Å². The third-order valence-corrected chi connectivity index (χ3v) is 4.22. The summed E-state index contributed by atoms with van der Waals surface area (Å²) in [6, 6.07) is 0. The van der Waals surface area contributed by atoms with Gasteiger partial charge in [-0.15, -0.1) is 0 Å². The molecule has 3 unspecified atom stereocenters. The van der Waals surface area contributed by atoms with Gasteiger partial charge in [-0.2, -0.15) is 0 Å². The predicted molar refractivity (Wildman–Crippen MR) is 62.1 cm³/mol. The van der Waals surface area contributed by atoms with Gasteiger partial charge in [0.2, 0.25) is 5.91 Å². The minimum Gasteiger partial charge on any atom is -0.356 e. The lowest BCUT2D eigenvalue weighted by molar-refractivity contribution is -0.124. The standard InChI is InChI=1S/C10H20N2O2S/c1-8(15(2)14)3-6-12-10(13)9-4-5-11-7-9/h8-9,11H,3-7H2,1-2H3,(H,12,13). The minimum absolute atomic E-state index is 0.132. The molecule has 2 N–H and O–H groups in total. The molecule has 0 aromatic heterocycles. The third-order valence-electron chi connectivity index (χ3n) is 2.85. The lowest BCUT2D eigenvalue weighted by Crippen LogP contribution is -2.33. The Balaban J connectivity index is 2.14. The number of hydrogen-bond acceptors (Lipinski definition) is 3. The van der Waals surface area contributed by atoms with Gasteiger partial charge in [-0.05, 0) is 19.4 Å². The fourth-order valence-electron chi connectivity index (χ4n) is 1.59. The third kappa shape index (κ3) is 4.30. The molecule has 1 heterocycles. The molecule has 1 rings (SSSR count). The summed E-state index contributed by atoms with van der Waals surface area (Å²) in [7, 11) is -0.791. The second-order valence-corrected chi connectivity index (χ2v) is 5.88. The molecule has 15 heavy (non-hydrogen) atoms. The maximum absolute atomic E-state index is 11.6. The average molecular weight is 232 g/mol. The molecule has 0 bridgehead atoms. The van der Waals surface area contributed by atoms with Crippen LogP contribution >= 0.6 is 0 Å². The normalized spacial score (nSPS) is 24.8. The van der Waals surface area contributed by atoms with Crippen molar-refractivity contribution in [3.63, 3.8) is 0 Å². The number of hydrogen-bond donors (Lipinski definition) is 2. The van der Waals surface area contributed by atoms with Crippen molar-refractivity contribution in [1.29, 1.82) is 0 Å². The molecule has 0 spiro atoms. The Kier molecular flexibility index (Phi) is 5.25. The first kappa shape index (κ1) is 12.6. The maximum Gasteiger partial charge on any atom is 0.224 e. The van der Waals surface area contributed by atoms with Crippen molar-refractivity contribution in [3.8, 4) is 0 Å². The number of nitrogens with one attached hydrogen (secondary N) is 2. The Morgan fingerprint density at radius 2 is 2.40 bits per heavy atom. The summed E-state index contributed by atoms with van der Waals surface area (Å²) in [6.45, 7) is 4.31. The fourth-order valence-corrected chi connectivity index (χ4v) is 2.04. The lowest BCUT2D eigenvalue weighted by Gasteiger charge is -2.11. The van der Waals surface area contributed by atoms with E-state index < -0.39 is 10.8 Å². The number of carbonyl (C=O) groups excluding carboxylic acids is 1. The molecule has 1 amide bonds. The highest BCUT2D eigenvalue weighted by Gasteiger charge is 2.21. The van der Waals surface area contributed by atoms with Gasteiger partial charge in [-0.1, -0.05) is 6.92 Å². The van der Waals surface area contributed by atoms with Gasteiger partial charge >= 0.3 is 0 Å². The van der Waals surface area contributed by atoms with Crippen molar-refractivity contribution < 1.29 is 9.00 Å². The highest BCUT2D eigenvalue weighted by atomic mass is 32.2. The molecule has 0 aromatic rings. The molecule has 4 nitrogen and oxygen atoms in total. The van der Waals surface area contributed by atoms with Crippen LogP contribution < -0.4 is 10.6 Å². The molecular formula is C10H20N2O2S. The smallest absolute Gasteiger partial charge is 0.224 e. The van der Waals surface area contributed by atoms with Gasteiger partial charge in [-0.25, -0.2) is 0 Å². The number of amides is 1. The Labute approximate surface area is 93.7 Å². The van der Waals surface area contributed by atoms with E-state index in [1.54, 1.807) is 6.26 Å². The Morgan fingerprint density at radius 3 is 2.93 bits per heavy atom. The van der Waals surface area contributed by atoms with Crippen LogP contribution in [0.15, 0.2) is 0 Å². The fraction of sp³-hybridized carbons (Fsp3) is 0.900. The number of carbonyl (C=O) groups is 1. The van der Waals surface area contributed by atoms with Crippen LogP contribution in [-0.4, -0.2) is 41.3 Å². The lowest BCUT2D eigenvalue weighted by atomic mass is 10.1. The summed E-state index contributed by atoms with van der Waals surface area (Å²) in [6.07, 6.45) is 3.42. The van der Waals surface area contributed by atoms with Crippen LogP contribution in [0, 0.1) is 5.92 Å². The van der Waals surface area contributed by atoms with Crippen molar-refractivity contribution in [3.05, 3.63) is 0 Å². The summed E-state index contributed by atoms with van der Waals surface area (Å²) in [5, 5.41) is 6.22. The van der Waals surface area contributed by atoms with Crippen LogP contribution in [0.3, 0.4) is 0 Å². The largest absolute Gasteiger partial charge is 0.356 e. The highest BCUT2D eigenvalue weighted by Crippen LogP contribution is 2.07. The summed E-state index contributed by atoms with van der Waals surface area (Å²) in [5.74, 6) is 0.265. The zero-order chi connectivity index (χ0) is 11.3. The molecule has 1 fully saturated rings. The van der Waals surface area contributed by atoms with Crippen LogP contribution in [0.25, 0.3) is 0 Å². The van der Waals surface area contributed by atoms with E-state index in [4.69, 9.17) is 0 Å². The van der Waals surface area contributed by atoms with E-state index in [9.17, 15) is 9.00 Å². The van der Waals surface area contributed by atoms with Crippen molar-refractivity contribution in [2.75, 3.05) is 25.9 Å². The molecule has 1 saturated heterocycles. The minimum atomic E-state index is -0.791. The predicted octanol–water partition coefficient (Wildman–Crippen LogP) is -0.131. The molecule has 0 radical (unpaired) electrons. The van der Waals surface area contributed by atoms with E-state index in [0.29, 0.717) is 6.54 Å². The van der Waals surface area contributed by atoms with Gasteiger partial charge in [0.25, 0.3) is 0 Å². The van der Waals surface area contributed by atoms with Crippen molar-refractivity contribution in [2.45, 2.75) is 25.0 Å². The second-order valence-electron chi connectivity index (χ2n) is 4.08. The Bertz CT molecular complexity index is 240. The van der Waals surface area contributed by atoms with Crippen molar-refractivity contribution in [1.82, 2.24) is 10.6 Å². The van der Waals surface area contributed by atoms with Crippen LogP contribution in [-0.2, 0) is 15.6 Å². The summed E-state index contributed by atoms with van der Waals surface area (Å²) >= 11 is 0. The van der Waals surface area contributed by atoms with Gasteiger partial charge in [0, 0.05) is 35.4 Å². The molecule has 88 valence electrons. The van der Waals surface area contributed by atoms with Gasteiger partial charge in [0.05, 0.1) is 5.92 Å². The van der Waals surface area contributed by atoms with E-state index >= 15 is 0 Å². The average Bonchev–Trinajstić information content (AvgIpc) is 2.70. The molecule has 0 aliphatic carbocycles. The Morgan fingerprint density at radius 1 is 1.67 bits per heavy atom. The van der Waals surface area contributed by atoms with Gasteiger partial charge in [-0.3, -0.25) is 9.00 Å². The van der Waals surface area contributed by atoms with E-state index in [0.717, 1.165) is 25.9 Å². The van der Waals surface area contributed by atoms with Crippen molar-refractivity contribution >= 4 is 16.7 Å². The van der Waals surface area contributed by atoms with Crippen molar-refractivity contribution in [2.24, 2.45) is 5.92 Å². The van der Waals surface area contributed by atoms with Crippen LogP contribution in [0.2, 0.25) is 0 Å². The quantitative estimate of drug-likeness (QED) is 0.694. The Hall–Kier alpha value is -0.420. The SMILES string of the molecule is CC(CCNC(=O)C1CCNC1)S(C)=O. The molecule has 1 aliphatic heterocycles. The molecule has 0 saturated carbocycles. The van der Waals surface area contributed by atoms with Crippen LogP contribution in [0.4, 0.5) is 0 Å². The van der Waals surface area contributed by atoms with Gasteiger partial charge in [0.1, 0.15) is 0 Å². The summed E-state index contributed by atoms with van der Waals surface area (Å²) in [4.78, 5) is 11.6. The van der Waals surface area contributed by atoms with Crippen LogP contribution in [0.5, 0.6) is 0 Å². The highest BCUT2D eigenvalue weighted by molar-refractivity contribution is 7.84. The number of rotatable bonds is 5. The van der Waals surface area contributed by atoms with E-state index in [-0.39, 0.29) is 17.1 Å². The summed E-state index contributed by atoms with van der Waals surface area (Å²) in [5.41, 5.74) is 0. The molecule has 1 aliphatic rings. The van der Waals surface area contributed by atoms with E-state index in [1.807, 2.05) is 6.92 Å². The zero-order valence-corrected chi connectivity index (χ0v) is 10.2. The molecule has 5 heteroatoms. The second kappa shape index (κ2) is 6.23. The molecule has 0 aromatic carbocycles. The monoisotopic (exact) mass is 232 g/mol. The van der Waals surface area contributed by atoms with E-state index in [2.05, 4.69) is 10.6 Å². The summed E-state index contributed by atoms with van der Waals surface area (Å²) < 4.78 is 11.1. The topological polar surface area (TPSA) is 58.2 Å². The van der Waals surface area contributed by atoms with Crippen LogP contribution in [0.1, 0.15) is 19.8 Å². The maximum atomic E-state index is 11.6. The van der Waals surface area contributed by atoms with E-state index in [1.165, 1.54) is 0 Å². The first-order chi connectivity index (χ1) is 7.11.